The van der Waals surface area contributed by atoms with Crippen molar-refractivity contribution in [3.05, 3.63) is 59.7 Å². The van der Waals surface area contributed by atoms with E-state index in [1.165, 1.54) is 13.2 Å². The number of methoxy groups -OCH3 is 1. The molecule has 2 nitrogen and oxygen atoms in total. The van der Waals surface area contributed by atoms with Gasteiger partial charge in [-0.1, -0.05) is 36.1 Å². The first-order chi connectivity index (χ1) is 8.22. The van der Waals surface area contributed by atoms with Gasteiger partial charge in [-0.25, -0.2) is 4.79 Å². The number of allylic oxidation sites excluding steroid dienone is 3. The molecule has 0 saturated carbocycles. The number of carbonyl (C=O) groups is 1. The van der Waals surface area contributed by atoms with E-state index in [1.54, 1.807) is 12.2 Å². The maximum absolute atomic E-state index is 10.9. The lowest BCUT2D eigenvalue weighted by Crippen LogP contribution is -1.94. The SMILES string of the molecule is COC(=O)C=C(C)C=CC#Cc1ccccc1. The predicted octanol–water partition coefficient (Wildman–Crippen LogP) is 2.71. The minimum absolute atomic E-state index is 0.358. The van der Waals surface area contributed by atoms with E-state index in [4.69, 9.17) is 0 Å². The number of rotatable bonds is 2. The summed E-state index contributed by atoms with van der Waals surface area (Å²) in [6.45, 7) is 1.82. The molecule has 0 N–H and O–H groups in total. The summed E-state index contributed by atoms with van der Waals surface area (Å²) in [6.07, 6.45) is 4.90. The Kier molecular flexibility index (Phi) is 5.33. The fourth-order valence-corrected chi connectivity index (χ4v) is 1.11. The number of hydrogen-bond acceptors (Lipinski definition) is 2. The molecular formula is C15H14O2. The van der Waals surface area contributed by atoms with Crippen LogP contribution in [0, 0.1) is 11.8 Å². The van der Waals surface area contributed by atoms with Crippen molar-refractivity contribution in [2.45, 2.75) is 6.92 Å². The molecule has 2 heteroatoms. The van der Waals surface area contributed by atoms with E-state index in [2.05, 4.69) is 16.6 Å². The van der Waals surface area contributed by atoms with Crippen molar-refractivity contribution in [2.24, 2.45) is 0 Å². The summed E-state index contributed by atoms with van der Waals surface area (Å²) in [5, 5.41) is 0. The van der Waals surface area contributed by atoms with Crippen LogP contribution in [0.3, 0.4) is 0 Å². The molecule has 0 unspecified atom stereocenters. The molecule has 0 spiro atoms. The van der Waals surface area contributed by atoms with Crippen molar-refractivity contribution in [1.82, 2.24) is 0 Å². The standard InChI is InChI=1S/C15H14O2/c1-13(12-15(16)17-2)8-6-7-11-14-9-4-3-5-10-14/h3-6,8-10,12H,1-2H3. The zero-order valence-corrected chi connectivity index (χ0v) is 9.94. The van der Waals surface area contributed by atoms with Gasteiger partial charge in [0.1, 0.15) is 0 Å². The first-order valence-electron chi connectivity index (χ1n) is 5.22. The van der Waals surface area contributed by atoms with Gasteiger partial charge in [-0.3, -0.25) is 0 Å². The summed E-state index contributed by atoms with van der Waals surface area (Å²) < 4.78 is 4.51. The third-order valence-corrected chi connectivity index (χ3v) is 1.97. The van der Waals surface area contributed by atoms with Gasteiger partial charge in [-0.05, 0) is 30.7 Å². The van der Waals surface area contributed by atoms with Crippen LogP contribution in [0.2, 0.25) is 0 Å². The second kappa shape index (κ2) is 7.08. The molecule has 0 atom stereocenters. The van der Waals surface area contributed by atoms with Gasteiger partial charge in [0.15, 0.2) is 0 Å². The lowest BCUT2D eigenvalue weighted by Gasteiger charge is -1.91. The van der Waals surface area contributed by atoms with Crippen molar-refractivity contribution < 1.29 is 9.53 Å². The van der Waals surface area contributed by atoms with E-state index in [1.807, 2.05) is 37.3 Å². The molecule has 0 radical (unpaired) electrons. The molecule has 17 heavy (non-hydrogen) atoms. The number of hydrogen-bond donors (Lipinski definition) is 0. The summed E-state index contributed by atoms with van der Waals surface area (Å²) in [5.74, 6) is 5.53. The average Bonchev–Trinajstić information content (AvgIpc) is 2.36. The van der Waals surface area contributed by atoms with Crippen LogP contribution in [0.25, 0.3) is 0 Å². The van der Waals surface area contributed by atoms with Gasteiger partial charge < -0.3 is 4.74 Å². The Morgan fingerprint density at radius 2 is 2.00 bits per heavy atom. The van der Waals surface area contributed by atoms with E-state index in [9.17, 15) is 4.79 Å². The Hall–Kier alpha value is -2.27. The number of carbonyl (C=O) groups excluding carboxylic acids is 1. The lowest BCUT2D eigenvalue weighted by molar-refractivity contribution is -0.134. The smallest absolute Gasteiger partial charge is 0.330 e. The van der Waals surface area contributed by atoms with Gasteiger partial charge in [-0.15, -0.1) is 0 Å². The Bertz CT molecular complexity index is 485. The average molecular weight is 226 g/mol. The maximum atomic E-state index is 10.9. The molecule has 1 aromatic carbocycles. The molecule has 0 amide bonds. The number of benzene rings is 1. The molecule has 0 saturated heterocycles. The quantitative estimate of drug-likeness (QED) is 0.335. The summed E-state index contributed by atoms with van der Waals surface area (Å²) in [6, 6.07) is 9.71. The third kappa shape index (κ3) is 5.39. The summed E-state index contributed by atoms with van der Waals surface area (Å²) in [7, 11) is 1.35. The largest absolute Gasteiger partial charge is 0.466 e. The zero-order valence-electron chi connectivity index (χ0n) is 9.94. The Morgan fingerprint density at radius 3 is 2.65 bits per heavy atom. The number of ether oxygens (including phenoxy) is 1. The van der Waals surface area contributed by atoms with Crippen molar-refractivity contribution in [1.29, 1.82) is 0 Å². The summed E-state index contributed by atoms with van der Waals surface area (Å²) in [5.41, 5.74) is 1.77. The summed E-state index contributed by atoms with van der Waals surface area (Å²) in [4.78, 5) is 10.9. The first kappa shape index (κ1) is 12.8. The maximum Gasteiger partial charge on any atom is 0.330 e. The van der Waals surface area contributed by atoms with E-state index in [-0.39, 0.29) is 5.97 Å². The molecular weight excluding hydrogens is 212 g/mol. The minimum Gasteiger partial charge on any atom is -0.466 e. The van der Waals surface area contributed by atoms with Crippen molar-refractivity contribution in [2.75, 3.05) is 7.11 Å². The molecule has 0 aliphatic rings. The lowest BCUT2D eigenvalue weighted by atomic mass is 10.2. The fraction of sp³-hybridized carbons (Fsp3) is 0.133. The predicted molar refractivity (Wildman–Crippen MR) is 68.2 cm³/mol. The highest BCUT2D eigenvalue weighted by atomic mass is 16.5. The van der Waals surface area contributed by atoms with E-state index >= 15 is 0 Å². The van der Waals surface area contributed by atoms with Gasteiger partial charge in [0.2, 0.25) is 0 Å². The van der Waals surface area contributed by atoms with Crippen LogP contribution in [0.15, 0.2) is 54.1 Å². The summed E-state index contributed by atoms with van der Waals surface area (Å²) >= 11 is 0. The fourth-order valence-electron chi connectivity index (χ4n) is 1.11. The van der Waals surface area contributed by atoms with Gasteiger partial charge in [0.25, 0.3) is 0 Å². The highest BCUT2D eigenvalue weighted by molar-refractivity contribution is 5.83. The molecule has 0 aromatic heterocycles. The van der Waals surface area contributed by atoms with Crippen LogP contribution in [0.5, 0.6) is 0 Å². The second-order valence-electron chi connectivity index (χ2n) is 3.38. The van der Waals surface area contributed by atoms with Gasteiger partial charge in [0.05, 0.1) is 7.11 Å². The minimum atomic E-state index is -0.358. The van der Waals surface area contributed by atoms with Gasteiger partial charge in [0, 0.05) is 11.6 Å². The molecule has 0 heterocycles. The molecule has 86 valence electrons. The normalized spacial score (nSPS) is 10.8. The second-order valence-corrected chi connectivity index (χ2v) is 3.38. The first-order valence-corrected chi connectivity index (χ1v) is 5.22. The van der Waals surface area contributed by atoms with Crippen LogP contribution in [0.1, 0.15) is 12.5 Å². The van der Waals surface area contributed by atoms with Gasteiger partial charge in [-0.2, -0.15) is 0 Å². The Labute approximate surface area is 102 Å². The topological polar surface area (TPSA) is 26.3 Å². The van der Waals surface area contributed by atoms with Crippen molar-refractivity contribution in [3.63, 3.8) is 0 Å². The Morgan fingerprint density at radius 1 is 1.29 bits per heavy atom. The Balaban J connectivity index is 2.60. The number of esters is 1. The highest BCUT2D eigenvalue weighted by Crippen LogP contribution is 1.97. The molecule has 0 aliphatic heterocycles. The molecule has 0 aliphatic carbocycles. The van der Waals surface area contributed by atoms with Crippen LogP contribution in [0.4, 0.5) is 0 Å². The van der Waals surface area contributed by atoms with Crippen LogP contribution in [-0.2, 0) is 9.53 Å². The monoisotopic (exact) mass is 226 g/mol. The molecule has 1 aromatic rings. The van der Waals surface area contributed by atoms with Crippen molar-refractivity contribution >= 4 is 5.97 Å². The van der Waals surface area contributed by atoms with Crippen LogP contribution >= 0.6 is 0 Å². The van der Waals surface area contributed by atoms with Crippen LogP contribution in [-0.4, -0.2) is 13.1 Å². The zero-order chi connectivity index (χ0) is 12.5. The van der Waals surface area contributed by atoms with E-state index < -0.39 is 0 Å². The molecule has 0 bridgehead atoms. The van der Waals surface area contributed by atoms with E-state index in [0.717, 1.165) is 11.1 Å². The molecule has 1 rings (SSSR count). The van der Waals surface area contributed by atoms with Crippen LogP contribution < -0.4 is 0 Å². The van der Waals surface area contributed by atoms with Gasteiger partial charge >= 0.3 is 5.97 Å². The van der Waals surface area contributed by atoms with E-state index in [0.29, 0.717) is 0 Å². The third-order valence-electron chi connectivity index (χ3n) is 1.97. The molecule has 0 fully saturated rings. The highest BCUT2D eigenvalue weighted by Gasteiger charge is 1.91. The van der Waals surface area contributed by atoms with Crippen molar-refractivity contribution in [3.8, 4) is 11.8 Å².